The number of aromatic amines is 1. The standard InChI is InChI=1S/C9H10N4.C6H10O3/c1-2-4-8(5-3-1)6-10-9-7-11-13-12-9;1(5-3-8-5)7-2-6-4-9-6/h1-5,7H,6H2,(H2,10,11,12,13);5-6H,1-4H2. The molecule has 1 aromatic heterocycles. The third-order valence-electron chi connectivity index (χ3n) is 3.14. The van der Waals surface area contributed by atoms with E-state index in [1.807, 2.05) is 18.2 Å². The van der Waals surface area contributed by atoms with E-state index in [4.69, 9.17) is 14.2 Å². The molecule has 2 N–H and O–H groups in total. The van der Waals surface area contributed by atoms with Gasteiger partial charge in [0, 0.05) is 6.54 Å². The van der Waals surface area contributed by atoms with Crippen molar-refractivity contribution in [3.8, 4) is 0 Å². The zero-order chi connectivity index (χ0) is 15.0. The first-order chi connectivity index (χ1) is 10.9. The Morgan fingerprint density at radius 1 is 1.14 bits per heavy atom. The number of epoxide rings is 2. The maximum atomic E-state index is 5.23. The third kappa shape index (κ3) is 5.80. The van der Waals surface area contributed by atoms with E-state index in [9.17, 15) is 0 Å². The third-order valence-corrected chi connectivity index (χ3v) is 3.14. The fraction of sp³-hybridized carbons (Fsp3) is 0.467. The van der Waals surface area contributed by atoms with Crippen LogP contribution in [0.25, 0.3) is 0 Å². The van der Waals surface area contributed by atoms with E-state index < -0.39 is 0 Å². The molecule has 0 spiro atoms. The van der Waals surface area contributed by atoms with Crippen LogP contribution in [-0.2, 0) is 20.8 Å². The van der Waals surface area contributed by atoms with Crippen molar-refractivity contribution in [1.29, 1.82) is 0 Å². The normalized spacial score (nSPS) is 21.6. The molecule has 2 fully saturated rings. The lowest BCUT2D eigenvalue weighted by Crippen LogP contribution is -2.06. The zero-order valence-electron chi connectivity index (χ0n) is 12.3. The van der Waals surface area contributed by atoms with Crippen LogP contribution in [0.15, 0.2) is 36.5 Å². The highest BCUT2D eigenvalue weighted by molar-refractivity contribution is 5.30. The van der Waals surface area contributed by atoms with E-state index in [1.165, 1.54) is 5.56 Å². The smallest absolute Gasteiger partial charge is 0.168 e. The number of aromatic nitrogens is 3. The summed E-state index contributed by atoms with van der Waals surface area (Å²) in [5.74, 6) is 0.767. The first kappa shape index (κ1) is 15.0. The quantitative estimate of drug-likeness (QED) is 0.748. The second-order valence-corrected chi connectivity index (χ2v) is 5.14. The molecule has 2 aliphatic rings. The molecule has 2 atom stereocenters. The lowest BCUT2D eigenvalue weighted by atomic mass is 10.2. The van der Waals surface area contributed by atoms with Crippen LogP contribution in [0, 0.1) is 0 Å². The molecule has 2 aliphatic heterocycles. The molecule has 3 heterocycles. The molecular formula is C15H20N4O3. The Morgan fingerprint density at radius 2 is 1.82 bits per heavy atom. The van der Waals surface area contributed by atoms with Crippen LogP contribution in [0.2, 0.25) is 0 Å². The van der Waals surface area contributed by atoms with Crippen molar-refractivity contribution in [3.05, 3.63) is 42.1 Å². The molecule has 1 aromatic carbocycles. The van der Waals surface area contributed by atoms with Crippen molar-refractivity contribution in [2.45, 2.75) is 18.8 Å². The van der Waals surface area contributed by atoms with Gasteiger partial charge in [-0.2, -0.15) is 10.3 Å². The van der Waals surface area contributed by atoms with Crippen molar-refractivity contribution < 1.29 is 14.2 Å². The Bertz CT molecular complexity index is 515. The van der Waals surface area contributed by atoms with Crippen LogP contribution in [0.4, 0.5) is 5.82 Å². The Kier molecular flexibility index (Phi) is 5.36. The minimum absolute atomic E-state index is 0.392. The summed E-state index contributed by atoms with van der Waals surface area (Å²) in [6.45, 7) is 4.03. The number of nitrogens with zero attached hydrogens (tertiary/aromatic N) is 2. The molecular weight excluding hydrogens is 284 g/mol. The van der Waals surface area contributed by atoms with Crippen LogP contribution in [0.3, 0.4) is 0 Å². The monoisotopic (exact) mass is 304 g/mol. The van der Waals surface area contributed by atoms with Crippen molar-refractivity contribution >= 4 is 5.82 Å². The molecule has 4 rings (SSSR count). The maximum Gasteiger partial charge on any atom is 0.168 e. The number of anilines is 1. The highest BCUT2D eigenvalue weighted by Gasteiger charge is 2.26. The van der Waals surface area contributed by atoms with Crippen LogP contribution in [0.5, 0.6) is 0 Å². The van der Waals surface area contributed by atoms with Gasteiger partial charge in [-0.1, -0.05) is 30.3 Å². The van der Waals surface area contributed by atoms with Gasteiger partial charge in [0.15, 0.2) is 5.82 Å². The summed E-state index contributed by atoms with van der Waals surface area (Å²) in [7, 11) is 0. The summed E-state index contributed by atoms with van der Waals surface area (Å²) < 4.78 is 15.1. The average Bonchev–Trinajstić information content (AvgIpc) is 3.49. The second-order valence-electron chi connectivity index (χ2n) is 5.14. The first-order valence-corrected chi connectivity index (χ1v) is 7.34. The molecule has 7 nitrogen and oxygen atoms in total. The van der Waals surface area contributed by atoms with Crippen molar-refractivity contribution in [2.75, 3.05) is 31.7 Å². The van der Waals surface area contributed by atoms with Crippen molar-refractivity contribution in [1.82, 2.24) is 15.4 Å². The van der Waals surface area contributed by atoms with Crippen LogP contribution < -0.4 is 5.32 Å². The van der Waals surface area contributed by atoms with Gasteiger partial charge in [0.2, 0.25) is 0 Å². The minimum Gasteiger partial charge on any atom is -0.376 e. The number of hydrogen-bond donors (Lipinski definition) is 2. The van der Waals surface area contributed by atoms with Gasteiger partial charge in [-0.15, -0.1) is 5.10 Å². The van der Waals surface area contributed by atoms with Gasteiger partial charge >= 0.3 is 0 Å². The number of hydrogen-bond acceptors (Lipinski definition) is 6. The van der Waals surface area contributed by atoms with E-state index in [0.717, 1.165) is 38.8 Å². The Hall–Kier alpha value is -1.96. The zero-order valence-corrected chi connectivity index (χ0v) is 12.3. The van der Waals surface area contributed by atoms with Gasteiger partial charge in [-0.05, 0) is 5.56 Å². The number of rotatable bonds is 7. The molecule has 2 saturated heterocycles. The topological polar surface area (TPSA) is 87.9 Å². The summed E-state index contributed by atoms with van der Waals surface area (Å²) in [6.07, 6.45) is 2.44. The molecule has 22 heavy (non-hydrogen) atoms. The first-order valence-electron chi connectivity index (χ1n) is 7.34. The predicted octanol–water partition coefficient (Wildman–Crippen LogP) is 1.22. The molecule has 0 bridgehead atoms. The van der Waals surface area contributed by atoms with Gasteiger partial charge < -0.3 is 19.5 Å². The summed E-state index contributed by atoms with van der Waals surface area (Å²) >= 11 is 0. The fourth-order valence-corrected chi connectivity index (χ4v) is 1.73. The van der Waals surface area contributed by atoms with E-state index >= 15 is 0 Å². The van der Waals surface area contributed by atoms with Crippen LogP contribution in [-0.4, -0.2) is 54.0 Å². The number of H-pyrrole nitrogens is 1. The van der Waals surface area contributed by atoms with Crippen LogP contribution >= 0.6 is 0 Å². The minimum atomic E-state index is 0.392. The largest absolute Gasteiger partial charge is 0.376 e. The Morgan fingerprint density at radius 3 is 2.36 bits per heavy atom. The summed E-state index contributed by atoms with van der Waals surface area (Å²) in [6, 6.07) is 10.2. The van der Waals surface area contributed by atoms with E-state index in [0.29, 0.717) is 12.2 Å². The van der Waals surface area contributed by atoms with Gasteiger partial charge in [0.05, 0.1) is 32.6 Å². The van der Waals surface area contributed by atoms with E-state index in [2.05, 4.69) is 32.9 Å². The molecule has 7 heteroatoms. The second kappa shape index (κ2) is 7.88. The van der Waals surface area contributed by atoms with Crippen LogP contribution in [0.1, 0.15) is 5.56 Å². The lowest BCUT2D eigenvalue weighted by molar-refractivity contribution is 0.102. The molecule has 2 unspecified atom stereocenters. The van der Waals surface area contributed by atoms with Crippen molar-refractivity contribution in [2.24, 2.45) is 0 Å². The highest BCUT2D eigenvalue weighted by atomic mass is 16.6. The molecule has 2 aromatic rings. The molecule has 0 aliphatic carbocycles. The van der Waals surface area contributed by atoms with Crippen molar-refractivity contribution in [3.63, 3.8) is 0 Å². The molecule has 0 radical (unpaired) electrons. The average molecular weight is 304 g/mol. The molecule has 0 saturated carbocycles. The van der Waals surface area contributed by atoms with Gasteiger partial charge in [-0.25, -0.2) is 0 Å². The fourth-order valence-electron chi connectivity index (χ4n) is 1.73. The maximum absolute atomic E-state index is 5.23. The summed E-state index contributed by atoms with van der Waals surface area (Å²) in [5.41, 5.74) is 1.23. The lowest BCUT2D eigenvalue weighted by Gasteiger charge is -2.00. The number of benzene rings is 1. The number of ether oxygens (including phenoxy) is 3. The van der Waals surface area contributed by atoms with Gasteiger partial charge in [0.25, 0.3) is 0 Å². The Labute approximate surface area is 129 Å². The summed E-state index contributed by atoms with van der Waals surface area (Å²) in [4.78, 5) is 0. The Balaban J connectivity index is 0.000000139. The van der Waals surface area contributed by atoms with Gasteiger partial charge in [0.1, 0.15) is 12.2 Å². The SMILES string of the molecule is C(OCC1CO1)C1CO1.c1ccc(CNc2cn[nH]n2)cc1. The highest BCUT2D eigenvalue weighted by Crippen LogP contribution is 2.12. The van der Waals surface area contributed by atoms with E-state index in [1.54, 1.807) is 6.20 Å². The van der Waals surface area contributed by atoms with Gasteiger partial charge in [-0.3, -0.25) is 0 Å². The predicted molar refractivity (Wildman–Crippen MR) is 80.5 cm³/mol. The number of nitrogens with one attached hydrogen (secondary N) is 2. The molecule has 118 valence electrons. The molecule has 0 amide bonds. The summed E-state index contributed by atoms with van der Waals surface area (Å²) in [5, 5.41) is 13.3. The van der Waals surface area contributed by atoms with E-state index in [-0.39, 0.29) is 0 Å².